The molecule has 122 valence electrons. The van der Waals surface area contributed by atoms with Gasteiger partial charge in [-0.2, -0.15) is 0 Å². The Morgan fingerprint density at radius 3 is 2.71 bits per heavy atom. The first-order chi connectivity index (χ1) is 10.2. The molecule has 2 heterocycles. The van der Waals surface area contributed by atoms with Gasteiger partial charge in [-0.1, -0.05) is 33.1 Å². The maximum atomic E-state index is 6.03. The highest BCUT2D eigenvalue weighted by atomic mass is 16.5. The van der Waals surface area contributed by atoms with Crippen molar-refractivity contribution in [1.82, 2.24) is 10.2 Å². The molecule has 3 atom stereocenters. The number of nitrogens with one attached hydrogen (secondary N) is 1. The molecule has 21 heavy (non-hydrogen) atoms. The van der Waals surface area contributed by atoms with Crippen LogP contribution in [-0.2, 0) is 4.74 Å². The van der Waals surface area contributed by atoms with Crippen LogP contribution in [0, 0.1) is 5.92 Å². The molecule has 1 spiro atoms. The first-order valence-corrected chi connectivity index (χ1v) is 9.33. The molecule has 1 N–H and O–H groups in total. The second-order valence-corrected chi connectivity index (χ2v) is 7.74. The van der Waals surface area contributed by atoms with E-state index in [1.807, 2.05) is 0 Å². The summed E-state index contributed by atoms with van der Waals surface area (Å²) in [6, 6.07) is 0.701. The third-order valence-electron chi connectivity index (χ3n) is 6.23. The lowest BCUT2D eigenvalue weighted by molar-refractivity contribution is -0.0373. The van der Waals surface area contributed by atoms with Crippen LogP contribution in [0.4, 0.5) is 0 Å². The van der Waals surface area contributed by atoms with Gasteiger partial charge in [0, 0.05) is 37.8 Å². The monoisotopic (exact) mass is 294 g/mol. The summed E-state index contributed by atoms with van der Waals surface area (Å²) < 4.78 is 6.03. The maximum Gasteiger partial charge on any atom is 0.0702 e. The Kier molecular flexibility index (Phi) is 5.23. The average molecular weight is 294 g/mol. The fraction of sp³-hybridized carbons (Fsp3) is 1.00. The highest BCUT2D eigenvalue weighted by molar-refractivity contribution is 5.02. The summed E-state index contributed by atoms with van der Waals surface area (Å²) in [6.07, 6.45) is 11.2. The third-order valence-corrected chi connectivity index (χ3v) is 6.23. The van der Waals surface area contributed by atoms with Gasteiger partial charge in [-0.15, -0.1) is 0 Å². The van der Waals surface area contributed by atoms with Crippen molar-refractivity contribution >= 4 is 0 Å². The minimum absolute atomic E-state index is 0.429. The molecule has 2 aliphatic heterocycles. The van der Waals surface area contributed by atoms with Crippen molar-refractivity contribution in [2.45, 2.75) is 82.9 Å². The van der Waals surface area contributed by atoms with Crippen molar-refractivity contribution in [3.63, 3.8) is 0 Å². The minimum atomic E-state index is 0.429. The molecule has 2 saturated heterocycles. The van der Waals surface area contributed by atoms with Gasteiger partial charge >= 0.3 is 0 Å². The topological polar surface area (TPSA) is 24.5 Å². The second-order valence-electron chi connectivity index (χ2n) is 7.74. The second kappa shape index (κ2) is 6.97. The number of nitrogens with zero attached hydrogens (tertiary/aromatic N) is 1. The Balaban J connectivity index is 1.66. The van der Waals surface area contributed by atoms with Crippen LogP contribution in [0.3, 0.4) is 0 Å². The van der Waals surface area contributed by atoms with Crippen molar-refractivity contribution in [1.29, 1.82) is 0 Å². The van der Waals surface area contributed by atoms with Crippen LogP contribution in [0.15, 0.2) is 0 Å². The van der Waals surface area contributed by atoms with E-state index < -0.39 is 0 Å². The summed E-state index contributed by atoms with van der Waals surface area (Å²) in [5, 5.41) is 3.94. The van der Waals surface area contributed by atoms with Crippen molar-refractivity contribution in [2.75, 3.05) is 26.2 Å². The van der Waals surface area contributed by atoms with Crippen LogP contribution in [0.1, 0.15) is 65.2 Å². The number of hydrogen-bond donors (Lipinski definition) is 1. The summed E-state index contributed by atoms with van der Waals surface area (Å²) in [7, 11) is 0. The summed E-state index contributed by atoms with van der Waals surface area (Å²) in [6.45, 7) is 9.34. The minimum Gasteiger partial charge on any atom is -0.377 e. The van der Waals surface area contributed by atoms with E-state index >= 15 is 0 Å². The van der Waals surface area contributed by atoms with Gasteiger partial charge in [-0.05, 0) is 38.0 Å². The predicted octanol–water partition coefficient (Wildman–Crippen LogP) is 3.19. The predicted molar refractivity (Wildman–Crippen MR) is 87.6 cm³/mol. The van der Waals surface area contributed by atoms with E-state index in [1.54, 1.807) is 0 Å². The van der Waals surface area contributed by atoms with Crippen molar-refractivity contribution in [3.05, 3.63) is 0 Å². The lowest BCUT2D eigenvalue weighted by Gasteiger charge is -2.49. The van der Waals surface area contributed by atoms with E-state index in [9.17, 15) is 0 Å². The molecule has 3 heteroatoms. The molecular weight excluding hydrogens is 260 g/mol. The van der Waals surface area contributed by atoms with Crippen molar-refractivity contribution < 1.29 is 4.74 Å². The fourth-order valence-electron chi connectivity index (χ4n) is 4.64. The first kappa shape index (κ1) is 15.8. The molecule has 3 rings (SSSR count). The molecular formula is C18H34N2O. The molecule has 3 unspecified atom stereocenters. The Bertz CT molecular complexity index is 321. The lowest BCUT2D eigenvalue weighted by Crippen LogP contribution is -2.65. The molecule has 1 aliphatic carbocycles. The summed E-state index contributed by atoms with van der Waals surface area (Å²) >= 11 is 0. The average Bonchev–Trinajstić information content (AvgIpc) is 2.96. The van der Waals surface area contributed by atoms with E-state index in [2.05, 4.69) is 24.1 Å². The SMILES string of the molecule is CCC(C)C1CNC2(CCCC2)CN1CC1CCCCO1. The van der Waals surface area contributed by atoms with E-state index in [0.717, 1.165) is 12.5 Å². The standard InChI is InChI=1S/C18H34N2O/c1-3-15(2)17-12-19-18(9-5-6-10-18)14-20(17)13-16-8-4-7-11-21-16/h15-17,19H,3-14H2,1-2H3. The van der Waals surface area contributed by atoms with Gasteiger partial charge < -0.3 is 10.1 Å². The zero-order valence-corrected chi connectivity index (χ0v) is 14.1. The Labute approximate surface area is 130 Å². The van der Waals surface area contributed by atoms with Gasteiger partial charge in [0.15, 0.2) is 0 Å². The normalized spacial score (nSPS) is 35.1. The largest absolute Gasteiger partial charge is 0.377 e. The lowest BCUT2D eigenvalue weighted by atomic mass is 9.87. The van der Waals surface area contributed by atoms with Crippen molar-refractivity contribution in [2.24, 2.45) is 5.92 Å². The van der Waals surface area contributed by atoms with Gasteiger partial charge in [-0.3, -0.25) is 4.90 Å². The van der Waals surface area contributed by atoms with E-state index in [1.165, 1.54) is 71.0 Å². The summed E-state index contributed by atoms with van der Waals surface area (Å²) in [5.74, 6) is 0.778. The molecule has 0 aromatic heterocycles. The molecule has 0 radical (unpaired) electrons. The molecule has 0 aromatic carbocycles. The Morgan fingerprint density at radius 1 is 1.24 bits per heavy atom. The molecule has 0 aromatic rings. The van der Waals surface area contributed by atoms with Gasteiger partial charge in [0.2, 0.25) is 0 Å². The molecule has 1 saturated carbocycles. The fourth-order valence-corrected chi connectivity index (χ4v) is 4.64. The van der Waals surface area contributed by atoms with Crippen LogP contribution in [-0.4, -0.2) is 48.8 Å². The summed E-state index contributed by atoms with van der Waals surface area (Å²) in [5.41, 5.74) is 0.429. The number of hydrogen-bond acceptors (Lipinski definition) is 3. The highest BCUT2D eigenvalue weighted by Gasteiger charge is 2.42. The summed E-state index contributed by atoms with van der Waals surface area (Å²) in [4.78, 5) is 2.80. The molecule has 0 bridgehead atoms. The molecule has 0 amide bonds. The third kappa shape index (κ3) is 3.62. The van der Waals surface area contributed by atoms with E-state index in [0.29, 0.717) is 17.7 Å². The zero-order chi connectivity index (χ0) is 14.7. The zero-order valence-electron chi connectivity index (χ0n) is 14.1. The van der Waals surface area contributed by atoms with Gasteiger partial charge in [0.25, 0.3) is 0 Å². The molecule has 3 nitrogen and oxygen atoms in total. The van der Waals surface area contributed by atoms with Crippen molar-refractivity contribution in [3.8, 4) is 0 Å². The Morgan fingerprint density at radius 2 is 2.05 bits per heavy atom. The quantitative estimate of drug-likeness (QED) is 0.862. The number of ether oxygens (including phenoxy) is 1. The Hall–Kier alpha value is -0.120. The van der Waals surface area contributed by atoms with Gasteiger partial charge in [0.1, 0.15) is 0 Å². The highest BCUT2D eigenvalue weighted by Crippen LogP contribution is 2.35. The van der Waals surface area contributed by atoms with E-state index in [4.69, 9.17) is 4.74 Å². The molecule has 3 fully saturated rings. The van der Waals surface area contributed by atoms with Crippen LogP contribution in [0.2, 0.25) is 0 Å². The van der Waals surface area contributed by atoms with Gasteiger partial charge in [-0.25, -0.2) is 0 Å². The smallest absolute Gasteiger partial charge is 0.0702 e. The van der Waals surface area contributed by atoms with Gasteiger partial charge in [0.05, 0.1) is 6.10 Å². The van der Waals surface area contributed by atoms with Crippen LogP contribution >= 0.6 is 0 Å². The van der Waals surface area contributed by atoms with Crippen LogP contribution in [0.25, 0.3) is 0 Å². The first-order valence-electron chi connectivity index (χ1n) is 9.33. The van der Waals surface area contributed by atoms with E-state index in [-0.39, 0.29) is 0 Å². The number of rotatable bonds is 4. The molecule has 3 aliphatic rings. The van der Waals surface area contributed by atoms with Crippen LogP contribution < -0.4 is 5.32 Å². The maximum absolute atomic E-state index is 6.03. The van der Waals surface area contributed by atoms with Crippen LogP contribution in [0.5, 0.6) is 0 Å². The number of piperazine rings is 1.